The Morgan fingerprint density at radius 2 is 2.37 bits per heavy atom. The van der Waals surface area contributed by atoms with Crippen molar-refractivity contribution in [3.63, 3.8) is 0 Å². The SMILES string of the molecule is CC(CC1COCCN1)N(Cc1ccco1)C1CC1. The Hall–Kier alpha value is -0.840. The largest absolute Gasteiger partial charge is 0.468 e. The molecule has 1 aliphatic heterocycles. The number of nitrogens with one attached hydrogen (secondary N) is 1. The molecule has 1 aliphatic carbocycles. The molecule has 0 aromatic carbocycles. The zero-order chi connectivity index (χ0) is 13.1. The van der Waals surface area contributed by atoms with E-state index in [9.17, 15) is 0 Å². The first kappa shape index (κ1) is 13.2. The summed E-state index contributed by atoms with van der Waals surface area (Å²) < 4.78 is 11.0. The summed E-state index contributed by atoms with van der Waals surface area (Å²) in [6, 6.07) is 5.87. The van der Waals surface area contributed by atoms with Crippen LogP contribution in [0, 0.1) is 0 Å². The molecule has 1 aromatic heterocycles. The van der Waals surface area contributed by atoms with E-state index in [1.54, 1.807) is 6.26 Å². The van der Waals surface area contributed by atoms with Gasteiger partial charge in [0.05, 0.1) is 26.0 Å². The summed E-state index contributed by atoms with van der Waals surface area (Å²) in [5, 5.41) is 3.55. The minimum Gasteiger partial charge on any atom is -0.468 e. The molecule has 0 spiro atoms. The Kier molecular flexibility index (Phi) is 4.21. The van der Waals surface area contributed by atoms with Gasteiger partial charge in [0, 0.05) is 24.7 Å². The van der Waals surface area contributed by atoms with Crippen LogP contribution in [0.1, 0.15) is 31.9 Å². The summed E-state index contributed by atoms with van der Waals surface area (Å²) in [7, 11) is 0. The number of hydrogen-bond donors (Lipinski definition) is 1. The van der Waals surface area contributed by atoms with Gasteiger partial charge in [-0.05, 0) is 38.3 Å². The van der Waals surface area contributed by atoms with Crippen molar-refractivity contribution in [2.75, 3.05) is 19.8 Å². The van der Waals surface area contributed by atoms with Crippen molar-refractivity contribution >= 4 is 0 Å². The normalized spacial score (nSPS) is 25.7. The van der Waals surface area contributed by atoms with Gasteiger partial charge in [0.15, 0.2) is 0 Å². The fourth-order valence-corrected chi connectivity index (χ4v) is 2.95. The van der Waals surface area contributed by atoms with Gasteiger partial charge in [0.1, 0.15) is 5.76 Å². The van der Waals surface area contributed by atoms with Crippen LogP contribution in [-0.4, -0.2) is 42.8 Å². The molecule has 1 saturated carbocycles. The lowest BCUT2D eigenvalue weighted by atomic mass is 10.1. The number of morpholine rings is 1. The first-order valence-electron chi connectivity index (χ1n) is 7.42. The van der Waals surface area contributed by atoms with Gasteiger partial charge in [-0.2, -0.15) is 0 Å². The highest BCUT2D eigenvalue weighted by Crippen LogP contribution is 2.31. The molecule has 2 heterocycles. The van der Waals surface area contributed by atoms with E-state index in [1.807, 2.05) is 6.07 Å². The number of rotatable bonds is 6. The number of nitrogens with zero attached hydrogens (tertiary/aromatic N) is 1. The average Bonchev–Trinajstić information content (AvgIpc) is 3.14. The van der Waals surface area contributed by atoms with Crippen molar-refractivity contribution in [2.24, 2.45) is 0 Å². The highest BCUT2D eigenvalue weighted by molar-refractivity contribution is 5.00. The molecule has 4 heteroatoms. The smallest absolute Gasteiger partial charge is 0.117 e. The molecule has 3 rings (SSSR count). The molecule has 4 nitrogen and oxygen atoms in total. The second kappa shape index (κ2) is 6.07. The molecule has 106 valence electrons. The predicted octanol–water partition coefficient (Wildman–Crippen LogP) is 2.01. The topological polar surface area (TPSA) is 37.6 Å². The van der Waals surface area contributed by atoms with Crippen LogP contribution in [0.25, 0.3) is 0 Å². The zero-order valence-corrected chi connectivity index (χ0v) is 11.7. The van der Waals surface area contributed by atoms with Crippen molar-refractivity contribution in [3.05, 3.63) is 24.2 Å². The van der Waals surface area contributed by atoms with Crippen LogP contribution in [0.15, 0.2) is 22.8 Å². The van der Waals surface area contributed by atoms with Gasteiger partial charge in [0.25, 0.3) is 0 Å². The summed E-state index contributed by atoms with van der Waals surface area (Å²) in [4.78, 5) is 2.59. The second-order valence-electron chi connectivity index (χ2n) is 5.79. The lowest BCUT2D eigenvalue weighted by Crippen LogP contribution is -2.46. The van der Waals surface area contributed by atoms with Crippen molar-refractivity contribution in [2.45, 2.75) is 50.9 Å². The van der Waals surface area contributed by atoms with Crippen LogP contribution in [-0.2, 0) is 11.3 Å². The number of furan rings is 1. The van der Waals surface area contributed by atoms with E-state index < -0.39 is 0 Å². The van der Waals surface area contributed by atoms with Gasteiger partial charge in [0.2, 0.25) is 0 Å². The molecule has 2 fully saturated rings. The third-order valence-corrected chi connectivity index (χ3v) is 4.12. The van der Waals surface area contributed by atoms with Crippen LogP contribution in [0.3, 0.4) is 0 Å². The summed E-state index contributed by atoms with van der Waals surface area (Å²) in [5.41, 5.74) is 0. The molecule has 0 bridgehead atoms. The highest BCUT2D eigenvalue weighted by Gasteiger charge is 2.33. The molecule has 19 heavy (non-hydrogen) atoms. The van der Waals surface area contributed by atoms with E-state index >= 15 is 0 Å². The van der Waals surface area contributed by atoms with Crippen molar-refractivity contribution in [1.29, 1.82) is 0 Å². The average molecular weight is 264 g/mol. The van der Waals surface area contributed by atoms with Gasteiger partial charge < -0.3 is 14.5 Å². The van der Waals surface area contributed by atoms with E-state index in [2.05, 4.69) is 23.2 Å². The van der Waals surface area contributed by atoms with Gasteiger partial charge in [-0.15, -0.1) is 0 Å². The second-order valence-corrected chi connectivity index (χ2v) is 5.79. The van der Waals surface area contributed by atoms with Crippen LogP contribution in [0.4, 0.5) is 0 Å². The quantitative estimate of drug-likeness (QED) is 0.853. The Labute approximate surface area is 115 Å². The lowest BCUT2D eigenvalue weighted by molar-refractivity contribution is 0.0587. The first-order valence-corrected chi connectivity index (χ1v) is 7.42. The fraction of sp³-hybridized carbons (Fsp3) is 0.733. The Bertz CT molecular complexity index is 370. The molecular weight excluding hydrogens is 240 g/mol. The summed E-state index contributed by atoms with van der Waals surface area (Å²) in [5.74, 6) is 1.08. The van der Waals surface area contributed by atoms with E-state index in [4.69, 9.17) is 9.15 Å². The molecular formula is C15H24N2O2. The summed E-state index contributed by atoms with van der Waals surface area (Å²) in [6.07, 6.45) is 5.58. The summed E-state index contributed by atoms with van der Waals surface area (Å²) in [6.45, 7) is 5.95. The Balaban J connectivity index is 1.56. The molecule has 1 saturated heterocycles. The maximum absolute atomic E-state index is 5.55. The first-order chi connectivity index (χ1) is 9.33. The van der Waals surface area contributed by atoms with Crippen molar-refractivity contribution < 1.29 is 9.15 Å². The van der Waals surface area contributed by atoms with Gasteiger partial charge in [-0.3, -0.25) is 4.90 Å². The van der Waals surface area contributed by atoms with E-state index in [-0.39, 0.29) is 0 Å². The third-order valence-electron chi connectivity index (χ3n) is 4.12. The molecule has 1 aromatic rings. The fourth-order valence-electron chi connectivity index (χ4n) is 2.95. The van der Waals surface area contributed by atoms with Crippen LogP contribution < -0.4 is 5.32 Å². The molecule has 2 unspecified atom stereocenters. The number of ether oxygens (including phenoxy) is 1. The van der Waals surface area contributed by atoms with E-state index in [0.717, 1.165) is 44.5 Å². The molecule has 2 atom stereocenters. The molecule has 0 amide bonds. The molecule has 1 N–H and O–H groups in total. The van der Waals surface area contributed by atoms with Crippen LogP contribution in [0.5, 0.6) is 0 Å². The van der Waals surface area contributed by atoms with E-state index in [1.165, 1.54) is 12.8 Å². The maximum Gasteiger partial charge on any atom is 0.117 e. The van der Waals surface area contributed by atoms with Gasteiger partial charge >= 0.3 is 0 Å². The van der Waals surface area contributed by atoms with Crippen molar-refractivity contribution in [1.82, 2.24) is 10.2 Å². The minimum absolute atomic E-state index is 0.501. The Morgan fingerprint density at radius 1 is 1.47 bits per heavy atom. The molecule has 0 radical (unpaired) electrons. The van der Waals surface area contributed by atoms with Crippen LogP contribution >= 0.6 is 0 Å². The van der Waals surface area contributed by atoms with Crippen LogP contribution in [0.2, 0.25) is 0 Å². The lowest BCUT2D eigenvalue weighted by Gasteiger charge is -2.33. The monoisotopic (exact) mass is 264 g/mol. The maximum atomic E-state index is 5.55. The molecule has 2 aliphatic rings. The zero-order valence-electron chi connectivity index (χ0n) is 11.7. The summed E-state index contributed by atoms with van der Waals surface area (Å²) >= 11 is 0. The minimum atomic E-state index is 0.501. The van der Waals surface area contributed by atoms with Gasteiger partial charge in [-0.25, -0.2) is 0 Å². The Morgan fingerprint density at radius 3 is 3.00 bits per heavy atom. The van der Waals surface area contributed by atoms with Gasteiger partial charge in [-0.1, -0.05) is 0 Å². The number of hydrogen-bond acceptors (Lipinski definition) is 4. The highest BCUT2D eigenvalue weighted by atomic mass is 16.5. The standard InChI is InChI=1S/C15H24N2O2/c1-12(9-13-11-18-8-6-16-13)17(14-4-5-14)10-15-3-2-7-19-15/h2-3,7,12-14,16H,4-6,8-11H2,1H3. The van der Waals surface area contributed by atoms with E-state index in [0.29, 0.717) is 12.1 Å². The van der Waals surface area contributed by atoms with Crippen molar-refractivity contribution in [3.8, 4) is 0 Å². The third kappa shape index (κ3) is 3.59. The predicted molar refractivity (Wildman–Crippen MR) is 74.0 cm³/mol.